The van der Waals surface area contributed by atoms with Crippen molar-refractivity contribution in [2.45, 2.75) is 78.5 Å². The molecule has 4 unspecified atom stereocenters. The van der Waals surface area contributed by atoms with Crippen LogP contribution in [0, 0.1) is 31.2 Å². The van der Waals surface area contributed by atoms with Crippen LogP contribution in [0.15, 0.2) is 66.5 Å². The molecule has 208 valence electrons. The van der Waals surface area contributed by atoms with Gasteiger partial charge in [0.2, 0.25) is 0 Å². The molecule has 3 aliphatic rings. The number of nitrogens with zero attached hydrogens (tertiary/aromatic N) is 3. The van der Waals surface area contributed by atoms with Gasteiger partial charge in [-0.05, 0) is 57.6 Å². The van der Waals surface area contributed by atoms with Gasteiger partial charge in [0.25, 0.3) is 0 Å². The molecule has 38 heavy (non-hydrogen) atoms. The van der Waals surface area contributed by atoms with E-state index in [2.05, 4.69) is 112 Å². The zero-order chi connectivity index (χ0) is 28.4. The SMILES string of the molecule is C#CNC(C)C1=CCC(c2scnc2C)C=C1.C=C.C=C(C(C1=CN(C(C)C)C1)C(C)C)N1CCC(O)C1. The summed E-state index contributed by atoms with van der Waals surface area (Å²) in [7, 11) is 0. The maximum Gasteiger partial charge on any atom is 0.0797 e. The quantitative estimate of drug-likeness (QED) is 0.234. The van der Waals surface area contributed by atoms with Gasteiger partial charge in [-0.2, -0.15) is 0 Å². The third kappa shape index (κ3) is 8.12. The van der Waals surface area contributed by atoms with Gasteiger partial charge in [-0.3, -0.25) is 0 Å². The fourth-order valence-corrected chi connectivity index (χ4v) is 6.06. The molecule has 1 aliphatic carbocycles. The smallest absolute Gasteiger partial charge is 0.0797 e. The van der Waals surface area contributed by atoms with E-state index < -0.39 is 0 Å². The number of hydrogen-bond acceptors (Lipinski definition) is 6. The molecule has 1 aromatic rings. The Kier molecular flexibility index (Phi) is 12.4. The van der Waals surface area contributed by atoms with Crippen molar-refractivity contribution >= 4 is 11.3 Å². The maximum atomic E-state index is 9.69. The van der Waals surface area contributed by atoms with Crippen molar-refractivity contribution in [3.8, 4) is 12.5 Å². The van der Waals surface area contributed by atoms with Gasteiger partial charge in [-0.1, -0.05) is 45.1 Å². The van der Waals surface area contributed by atoms with Crippen molar-refractivity contribution in [3.05, 3.63) is 77.1 Å². The molecule has 0 aromatic carbocycles. The van der Waals surface area contributed by atoms with Crippen LogP contribution in [0.25, 0.3) is 0 Å². The third-order valence-electron chi connectivity index (χ3n) is 7.40. The number of allylic oxidation sites excluding steroid dienone is 3. The second-order valence-corrected chi connectivity index (χ2v) is 11.7. The fourth-order valence-electron chi connectivity index (χ4n) is 5.16. The first kappa shape index (κ1) is 31.5. The Morgan fingerprint density at radius 2 is 1.95 bits per heavy atom. The van der Waals surface area contributed by atoms with Gasteiger partial charge in [0.1, 0.15) is 0 Å². The monoisotopic (exact) mass is 536 g/mol. The molecule has 4 atom stereocenters. The molecule has 0 saturated carbocycles. The number of aryl methyl sites for hydroxylation is 1. The van der Waals surface area contributed by atoms with Crippen molar-refractivity contribution in [1.29, 1.82) is 0 Å². The van der Waals surface area contributed by atoms with E-state index in [4.69, 9.17) is 6.42 Å². The number of aliphatic hydroxyl groups excluding tert-OH is 1. The summed E-state index contributed by atoms with van der Waals surface area (Å²) in [5.74, 6) is 1.47. The average molecular weight is 537 g/mol. The molecule has 0 radical (unpaired) electrons. The summed E-state index contributed by atoms with van der Waals surface area (Å²) in [5.41, 5.74) is 7.02. The van der Waals surface area contributed by atoms with Gasteiger partial charge in [0, 0.05) is 60.3 Å². The van der Waals surface area contributed by atoms with Crippen molar-refractivity contribution < 1.29 is 5.11 Å². The first-order valence-corrected chi connectivity index (χ1v) is 14.6. The number of aliphatic hydroxyl groups is 1. The minimum atomic E-state index is -0.174. The molecule has 0 bridgehead atoms. The largest absolute Gasteiger partial charge is 0.391 e. The van der Waals surface area contributed by atoms with Gasteiger partial charge in [0.05, 0.1) is 23.4 Å². The molecule has 6 heteroatoms. The van der Waals surface area contributed by atoms with E-state index in [0.29, 0.717) is 23.8 Å². The maximum absolute atomic E-state index is 9.69. The van der Waals surface area contributed by atoms with E-state index in [0.717, 1.165) is 38.2 Å². The second kappa shape index (κ2) is 15.0. The number of nitrogens with one attached hydrogen (secondary N) is 1. The van der Waals surface area contributed by atoms with Gasteiger partial charge in [-0.25, -0.2) is 4.98 Å². The molecule has 0 spiro atoms. The topological polar surface area (TPSA) is 51.6 Å². The highest BCUT2D eigenvalue weighted by Gasteiger charge is 2.33. The van der Waals surface area contributed by atoms with Crippen molar-refractivity contribution in [2.24, 2.45) is 11.8 Å². The lowest BCUT2D eigenvalue weighted by molar-refractivity contribution is 0.178. The number of β-amino-alcohol motifs (C(OH)–C–C–N with tert-alkyl or cyclic N) is 1. The molecule has 0 amide bonds. The van der Waals surface area contributed by atoms with Crippen LogP contribution < -0.4 is 5.32 Å². The van der Waals surface area contributed by atoms with Gasteiger partial charge in [0.15, 0.2) is 0 Å². The normalized spacial score (nSPS) is 21.7. The number of aromatic nitrogens is 1. The van der Waals surface area contributed by atoms with Crippen LogP contribution in [-0.2, 0) is 0 Å². The summed E-state index contributed by atoms with van der Waals surface area (Å²) in [6.07, 6.45) is 16.0. The zero-order valence-electron chi connectivity index (χ0n) is 24.3. The van der Waals surface area contributed by atoms with Gasteiger partial charge in [-0.15, -0.1) is 24.5 Å². The van der Waals surface area contributed by atoms with Crippen LogP contribution in [0.3, 0.4) is 0 Å². The molecule has 5 nitrogen and oxygen atoms in total. The minimum absolute atomic E-state index is 0.174. The Morgan fingerprint density at radius 1 is 1.26 bits per heavy atom. The number of hydrogen-bond donors (Lipinski definition) is 2. The average Bonchev–Trinajstić information content (AvgIpc) is 3.50. The second-order valence-electron chi connectivity index (χ2n) is 10.8. The summed E-state index contributed by atoms with van der Waals surface area (Å²) in [6.45, 7) is 26.2. The van der Waals surface area contributed by atoms with Crippen LogP contribution in [0.5, 0.6) is 0 Å². The highest BCUT2D eigenvalue weighted by molar-refractivity contribution is 7.09. The van der Waals surface area contributed by atoms with Crippen molar-refractivity contribution in [2.75, 3.05) is 19.6 Å². The van der Waals surface area contributed by atoms with E-state index in [1.807, 2.05) is 5.51 Å². The number of thiazole rings is 1. The Balaban J connectivity index is 0.000000252. The van der Waals surface area contributed by atoms with E-state index in [9.17, 15) is 5.11 Å². The summed E-state index contributed by atoms with van der Waals surface area (Å²) in [5, 5.41) is 12.7. The Bertz CT molecular complexity index is 1040. The predicted molar refractivity (Wildman–Crippen MR) is 164 cm³/mol. The molecule has 1 saturated heterocycles. The lowest BCUT2D eigenvalue weighted by atomic mass is 9.82. The molecule has 2 aliphatic heterocycles. The first-order valence-electron chi connectivity index (χ1n) is 13.7. The summed E-state index contributed by atoms with van der Waals surface area (Å²) in [4.78, 5) is 10.3. The Morgan fingerprint density at radius 3 is 2.39 bits per heavy atom. The van der Waals surface area contributed by atoms with Gasteiger partial charge < -0.3 is 20.2 Å². The zero-order valence-corrected chi connectivity index (χ0v) is 25.1. The molecular weight excluding hydrogens is 488 g/mol. The van der Waals surface area contributed by atoms with Crippen molar-refractivity contribution in [1.82, 2.24) is 20.1 Å². The number of likely N-dealkylation sites (tertiary alicyclic amines) is 1. The standard InChI is InChI=1S/C16H28N2O.C14H16N2S.C2H4/c1-11(2)16(14-8-18(9-14)12(3)4)13(5)17-7-6-15(19)10-17;1-4-15-10(2)12-5-7-13(8-6-12)14-11(3)16-9-17-14;1-2/h8,11-12,15-16,19H,5-7,9-10H2,1-4H3;1,5-7,9-10,13,15H,8H2,2-3H3;1-2H2. The van der Waals surface area contributed by atoms with Crippen LogP contribution in [0.4, 0.5) is 0 Å². The number of terminal acetylenes is 1. The number of rotatable bonds is 8. The molecule has 3 heterocycles. The molecule has 2 N–H and O–H groups in total. The molecule has 1 aromatic heterocycles. The van der Waals surface area contributed by atoms with Crippen molar-refractivity contribution in [3.63, 3.8) is 0 Å². The third-order valence-corrected chi connectivity index (χ3v) is 8.47. The molecular formula is C32H48N4OS. The first-order chi connectivity index (χ1) is 18.1. The van der Waals surface area contributed by atoms with Gasteiger partial charge >= 0.3 is 0 Å². The summed E-state index contributed by atoms with van der Waals surface area (Å²) in [6, 6.07) is 3.28. The highest BCUT2D eigenvalue weighted by Crippen LogP contribution is 2.36. The highest BCUT2D eigenvalue weighted by atomic mass is 32.1. The van der Waals surface area contributed by atoms with E-state index in [1.54, 1.807) is 11.3 Å². The van der Waals surface area contributed by atoms with E-state index in [-0.39, 0.29) is 12.1 Å². The molecule has 4 rings (SSSR count). The lowest BCUT2D eigenvalue weighted by Crippen LogP contribution is -2.41. The lowest BCUT2D eigenvalue weighted by Gasteiger charge is -2.42. The molecule has 1 fully saturated rings. The fraction of sp³-hybridized carbons (Fsp3) is 0.531. The van der Waals surface area contributed by atoms with E-state index >= 15 is 0 Å². The Hall–Kier alpha value is -2.75. The van der Waals surface area contributed by atoms with Crippen LogP contribution in [-0.4, -0.2) is 57.7 Å². The van der Waals surface area contributed by atoms with Crippen LogP contribution >= 0.6 is 11.3 Å². The Labute approximate surface area is 235 Å². The van der Waals surface area contributed by atoms with E-state index in [1.165, 1.54) is 21.7 Å². The van der Waals surface area contributed by atoms with Crippen LogP contribution in [0.2, 0.25) is 0 Å². The summed E-state index contributed by atoms with van der Waals surface area (Å²) < 4.78 is 0. The summed E-state index contributed by atoms with van der Waals surface area (Å²) >= 11 is 1.74. The van der Waals surface area contributed by atoms with Crippen LogP contribution in [0.1, 0.15) is 63.9 Å². The minimum Gasteiger partial charge on any atom is -0.391 e. The predicted octanol–water partition coefficient (Wildman–Crippen LogP) is 6.24.